The second kappa shape index (κ2) is 7.73. The van der Waals surface area contributed by atoms with Crippen LogP contribution in [0.25, 0.3) is 11.0 Å². The summed E-state index contributed by atoms with van der Waals surface area (Å²) in [4.78, 5) is 12.6. The van der Waals surface area contributed by atoms with E-state index in [0.717, 1.165) is 22.1 Å². The molecule has 4 rings (SSSR count). The maximum absolute atomic E-state index is 12.6. The predicted molar refractivity (Wildman–Crippen MR) is 112 cm³/mol. The highest BCUT2D eigenvalue weighted by Crippen LogP contribution is 2.25. The molecule has 0 radical (unpaired) electrons. The zero-order valence-electron chi connectivity index (χ0n) is 16.1. The van der Waals surface area contributed by atoms with Gasteiger partial charge < -0.3 is 9.15 Å². The number of fused-ring (bicyclic) bond motifs is 1. The molecule has 3 nitrogen and oxygen atoms in total. The molecule has 0 aliphatic rings. The Morgan fingerprint density at radius 1 is 0.857 bits per heavy atom. The predicted octanol–water partition coefficient (Wildman–Crippen LogP) is 5.58. The molecule has 0 unspecified atom stereocenters. The lowest BCUT2D eigenvalue weighted by atomic mass is 10.00. The number of benzene rings is 3. The van der Waals surface area contributed by atoms with Crippen molar-refractivity contribution in [1.82, 2.24) is 0 Å². The topological polar surface area (TPSA) is 39.4 Å². The highest BCUT2D eigenvalue weighted by atomic mass is 16.5. The van der Waals surface area contributed by atoms with Gasteiger partial charge in [-0.15, -0.1) is 0 Å². The SMILES string of the molecule is Cc1ccc(COc2ccc3c(C)c(Cc4ccccc4)c(=O)oc3c2)cc1. The summed E-state index contributed by atoms with van der Waals surface area (Å²) < 4.78 is 11.5. The first-order valence-electron chi connectivity index (χ1n) is 9.39. The molecule has 0 saturated heterocycles. The first-order chi connectivity index (χ1) is 13.6. The average Bonchev–Trinajstić information content (AvgIpc) is 2.71. The molecular formula is C25H22O3. The fourth-order valence-corrected chi connectivity index (χ4v) is 3.32. The molecule has 0 atom stereocenters. The van der Waals surface area contributed by atoms with Crippen LogP contribution in [-0.4, -0.2) is 0 Å². The van der Waals surface area contributed by atoms with Gasteiger partial charge in [-0.2, -0.15) is 0 Å². The van der Waals surface area contributed by atoms with Crippen molar-refractivity contribution in [3.63, 3.8) is 0 Å². The maximum Gasteiger partial charge on any atom is 0.340 e. The lowest BCUT2D eigenvalue weighted by molar-refractivity contribution is 0.306. The minimum atomic E-state index is -0.287. The molecule has 0 aliphatic heterocycles. The first-order valence-corrected chi connectivity index (χ1v) is 9.39. The van der Waals surface area contributed by atoms with Gasteiger partial charge in [-0.25, -0.2) is 4.79 Å². The molecule has 0 saturated carbocycles. The summed E-state index contributed by atoms with van der Waals surface area (Å²) in [6, 6.07) is 23.9. The number of rotatable bonds is 5. The Balaban J connectivity index is 1.60. The quantitative estimate of drug-likeness (QED) is 0.431. The molecule has 0 fully saturated rings. The standard InChI is InChI=1S/C25H22O3/c1-17-8-10-20(11-9-17)16-27-21-12-13-22-18(2)23(25(26)28-24(22)15-21)14-19-6-4-3-5-7-19/h3-13,15H,14,16H2,1-2H3. The number of hydrogen-bond donors (Lipinski definition) is 0. The van der Waals surface area contributed by atoms with Crippen molar-refractivity contribution >= 4 is 11.0 Å². The molecule has 0 bridgehead atoms. The Labute approximate surface area is 164 Å². The summed E-state index contributed by atoms with van der Waals surface area (Å²) in [5, 5.41) is 0.938. The highest BCUT2D eigenvalue weighted by molar-refractivity contribution is 5.82. The van der Waals surface area contributed by atoms with Crippen molar-refractivity contribution < 1.29 is 9.15 Å². The Morgan fingerprint density at radius 2 is 1.61 bits per heavy atom. The molecule has 0 spiro atoms. The van der Waals surface area contributed by atoms with Crippen molar-refractivity contribution in [1.29, 1.82) is 0 Å². The summed E-state index contributed by atoms with van der Waals surface area (Å²) in [6.45, 7) is 4.51. The normalized spacial score (nSPS) is 10.9. The van der Waals surface area contributed by atoms with Gasteiger partial charge in [-0.05, 0) is 42.7 Å². The van der Waals surface area contributed by atoms with Crippen molar-refractivity contribution in [2.45, 2.75) is 26.9 Å². The van der Waals surface area contributed by atoms with Crippen LogP contribution in [0.3, 0.4) is 0 Å². The lowest BCUT2D eigenvalue weighted by Crippen LogP contribution is -2.11. The molecule has 28 heavy (non-hydrogen) atoms. The third-order valence-corrected chi connectivity index (χ3v) is 5.01. The molecule has 3 heteroatoms. The second-order valence-corrected chi connectivity index (χ2v) is 7.09. The van der Waals surface area contributed by atoms with Gasteiger partial charge >= 0.3 is 5.63 Å². The minimum absolute atomic E-state index is 0.287. The van der Waals surface area contributed by atoms with Gasteiger partial charge in [0.05, 0.1) is 0 Å². The van der Waals surface area contributed by atoms with Crippen LogP contribution in [0, 0.1) is 13.8 Å². The van der Waals surface area contributed by atoms with Crippen LogP contribution in [0.5, 0.6) is 5.75 Å². The fraction of sp³-hybridized carbons (Fsp3) is 0.160. The van der Waals surface area contributed by atoms with Gasteiger partial charge in [-0.3, -0.25) is 0 Å². The third-order valence-electron chi connectivity index (χ3n) is 5.01. The zero-order chi connectivity index (χ0) is 19.5. The summed E-state index contributed by atoms with van der Waals surface area (Å²) in [6.07, 6.45) is 0.566. The number of ether oxygens (including phenoxy) is 1. The van der Waals surface area contributed by atoms with Gasteiger partial charge in [0.15, 0.2) is 0 Å². The van der Waals surface area contributed by atoms with Crippen molar-refractivity contribution in [2.24, 2.45) is 0 Å². The van der Waals surface area contributed by atoms with E-state index in [1.807, 2.05) is 49.4 Å². The lowest BCUT2D eigenvalue weighted by Gasteiger charge is -2.10. The second-order valence-electron chi connectivity index (χ2n) is 7.09. The van der Waals surface area contributed by atoms with Gasteiger partial charge in [0, 0.05) is 23.4 Å². The molecule has 1 aromatic heterocycles. The van der Waals surface area contributed by atoms with Crippen LogP contribution >= 0.6 is 0 Å². The Bertz CT molecular complexity index is 1160. The van der Waals surface area contributed by atoms with E-state index < -0.39 is 0 Å². The van der Waals surface area contributed by atoms with E-state index in [0.29, 0.717) is 29.9 Å². The van der Waals surface area contributed by atoms with Crippen LogP contribution < -0.4 is 10.4 Å². The van der Waals surface area contributed by atoms with Crippen LogP contribution in [0.4, 0.5) is 0 Å². The molecule has 140 valence electrons. The first kappa shape index (κ1) is 18.1. The fourth-order valence-electron chi connectivity index (χ4n) is 3.32. The van der Waals surface area contributed by atoms with E-state index in [4.69, 9.17) is 9.15 Å². The maximum atomic E-state index is 12.6. The molecular weight excluding hydrogens is 348 g/mol. The van der Waals surface area contributed by atoms with E-state index in [1.54, 1.807) is 6.07 Å². The summed E-state index contributed by atoms with van der Waals surface area (Å²) in [7, 11) is 0. The van der Waals surface area contributed by atoms with E-state index in [2.05, 4.69) is 31.2 Å². The Morgan fingerprint density at radius 3 is 2.36 bits per heavy atom. The summed E-state index contributed by atoms with van der Waals surface area (Å²) >= 11 is 0. The van der Waals surface area contributed by atoms with Crippen molar-refractivity contribution in [2.75, 3.05) is 0 Å². The van der Waals surface area contributed by atoms with E-state index in [-0.39, 0.29) is 5.63 Å². The van der Waals surface area contributed by atoms with Gasteiger partial charge in [0.1, 0.15) is 17.9 Å². The van der Waals surface area contributed by atoms with Crippen molar-refractivity contribution in [3.05, 3.63) is 111 Å². The molecule has 0 aliphatic carbocycles. The van der Waals surface area contributed by atoms with Crippen LogP contribution in [0.15, 0.2) is 82.0 Å². The van der Waals surface area contributed by atoms with E-state index in [1.165, 1.54) is 5.56 Å². The Kier molecular flexibility index (Phi) is 4.98. The summed E-state index contributed by atoms with van der Waals surface area (Å²) in [5.74, 6) is 0.687. The Hall–Kier alpha value is -3.33. The minimum Gasteiger partial charge on any atom is -0.489 e. The third kappa shape index (κ3) is 3.84. The smallest absolute Gasteiger partial charge is 0.340 e. The highest BCUT2D eigenvalue weighted by Gasteiger charge is 2.12. The molecule has 4 aromatic rings. The van der Waals surface area contributed by atoms with Gasteiger partial charge in [-0.1, -0.05) is 60.2 Å². The van der Waals surface area contributed by atoms with Gasteiger partial charge in [0.25, 0.3) is 0 Å². The molecule has 0 N–H and O–H groups in total. The zero-order valence-corrected chi connectivity index (χ0v) is 16.1. The van der Waals surface area contributed by atoms with E-state index in [9.17, 15) is 4.79 Å². The monoisotopic (exact) mass is 370 g/mol. The molecule has 3 aromatic carbocycles. The van der Waals surface area contributed by atoms with Crippen LogP contribution in [-0.2, 0) is 13.0 Å². The van der Waals surface area contributed by atoms with Gasteiger partial charge in [0.2, 0.25) is 0 Å². The summed E-state index contributed by atoms with van der Waals surface area (Å²) in [5.41, 5.74) is 5.34. The van der Waals surface area contributed by atoms with Crippen molar-refractivity contribution in [3.8, 4) is 5.75 Å². The number of aryl methyl sites for hydroxylation is 2. The molecule has 0 amide bonds. The average molecular weight is 370 g/mol. The van der Waals surface area contributed by atoms with Crippen LogP contribution in [0.1, 0.15) is 27.8 Å². The molecule has 1 heterocycles. The van der Waals surface area contributed by atoms with E-state index >= 15 is 0 Å². The number of hydrogen-bond acceptors (Lipinski definition) is 3. The van der Waals surface area contributed by atoms with Crippen LogP contribution in [0.2, 0.25) is 0 Å². The largest absolute Gasteiger partial charge is 0.489 e.